The topological polar surface area (TPSA) is 110 Å². The minimum Gasteiger partial charge on any atom is -0.458 e. The van der Waals surface area contributed by atoms with Crippen LogP contribution in [0.15, 0.2) is 23.3 Å². The third kappa shape index (κ3) is 3.11. The number of carbonyl (C=O) groups excluding carboxylic acids is 3. The Balaban J connectivity index is 2.34. The van der Waals surface area contributed by atoms with Crippen molar-refractivity contribution in [3.63, 3.8) is 0 Å². The highest BCUT2D eigenvalue weighted by molar-refractivity contribution is 6.04. The van der Waals surface area contributed by atoms with E-state index in [0.717, 1.165) is 0 Å². The van der Waals surface area contributed by atoms with Gasteiger partial charge in [-0.15, -0.1) is 0 Å². The summed E-state index contributed by atoms with van der Waals surface area (Å²) in [6.07, 6.45) is 2.99. The maximum atomic E-state index is 13.1. The first-order valence-corrected chi connectivity index (χ1v) is 11.2. The van der Waals surface area contributed by atoms with E-state index in [0.29, 0.717) is 11.1 Å². The largest absolute Gasteiger partial charge is 0.458 e. The number of aliphatic hydroxyl groups excluding tert-OH is 1. The fourth-order valence-corrected chi connectivity index (χ4v) is 6.87. The van der Waals surface area contributed by atoms with Gasteiger partial charge < -0.3 is 19.7 Å². The van der Waals surface area contributed by atoms with Gasteiger partial charge in [-0.05, 0) is 36.3 Å². The van der Waals surface area contributed by atoms with Crippen LogP contribution in [0.4, 0.5) is 0 Å². The van der Waals surface area contributed by atoms with E-state index in [1.807, 2.05) is 39.8 Å². The number of ketones is 1. The number of hydrogen-bond donors (Lipinski definition) is 2. The minimum absolute atomic E-state index is 0.0260. The number of fused-ring (bicyclic) bond motifs is 3. The van der Waals surface area contributed by atoms with Crippen LogP contribution < -0.4 is 0 Å². The van der Waals surface area contributed by atoms with Crippen molar-refractivity contribution in [2.24, 2.45) is 28.6 Å². The van der Waals surface area contributed by atoms with Crippen molar-refractivity contribution >= 4 is 17.7 Å². The van der Waals surface area contributed by atoms with Crippen molar-refractivity contribution in [1.29, 1.82) is 0 Å². The molecule has 178 valence electrons. The van der Waals surface area contributed by atoms with Crippen LogP contribution in [0.5, 0.6) is 0 Å². The van der Waals surface area contributed by atoms with E-state index in [1.165, 1.54) is 13.8 Å². The maximum Gasteiger partial charge on any atom is 0.303 e. The summed E-state index contributed by atoms with van der Waals surface area (Å²) in [7, 11) is 0. The van der Waals surface area contributed by atoms with Crippen molar-refractivity contribution in [2.75, 3.05) is 6.61 Å². The first kappa shape index (κ1) is 24.6. The SMILES string of the molecule is CC(=O)O[C@@H]1[C@@H](C)[C@@]2(C)[C@@H](C=C(CO)C[C@]3(O)C(=O)C(C)=C[C@@H]23)C(C)(C)[C@]1(C)OC(C)=O. The Morgan fingerprint density at radius 3 is 2.19 bits per heavy atom. The number of Topliss-reactive ketones (excluding diaryl/α,β-unsaturated/α-hetero) is 1. The van der Waals surface area contributed by atoms with Crippen molar-refractivity contribution in [3.8, 4) is 0 Å². The number of aliphatic hydroxyl groups is 2. The monoisotopic (exact) mass is 448 g/mol. The average Bonchev–Trinajstić information content (AvgIpc) is 2.84. The van der Waals surface area contributed by atoms with Gasteiger partial charge >= 0.3 is 11.9 Å². The minimum atomic E-state index is -1.69. The lowest BCUT2D eigenvalue weighted by Gasteiger charge is -2.65. The Hall–Kier alpha value is -1.99. The van der Waals surface area contributed by atoms with E-state index in [2.05, 4.69) is 0 Å². The molecule has 0 aromatic rings. The third-order valence-electron chi connectivity index (χ3n) is 8.81. The average molecular weight is 449 g/mol. The van der Waals surface area contributed by atoms with E-state index < -0.39 is 51.9 Å². The molecule has 0 aliphatic heterocycles. The smallest absolute Gasteiger partial charge is 0.303 e. The van der Waals surface area contributed by atoms with Gasteiger partial charge in [0.25, 0.3) is 0 Å². The zero-order valence-corrected chi connectivity index (χ0v) is 20.3. The van der Waals surface area contributed by atoms with Crippen LogP contribution in [-0.2, 0) is 23.9 Å². The van der Waals surface area contributed by atoms with Crippen molar-refractivity contribution < 1.29 is 34.1 Å². The molecule has 3 aliphatic rings. The maximum absolute atomic E-state index is 13.1. The molecule has 7 atom stereocenters. The molecule has 0 radical (unpaired) electrons. The number of esters is 2. The first-order chi connectivity index (χ1) is 14.6. The van der Waals surface area contributed by atoms with Gasteiger partial charge in [-0.25, -0.2) is 0 Å². The van der Waals surface area contributed by atoms with Crippen molar-refractivity contribution in [1.82, 2.24) is 0 Å². The Morgan fingerprint density at radius 2 is 1.69 bits per heavy atom. The van der Waals surface area contributed by atoms with E-state index >= 15 is 0 Å². The van der Waals surface area contributed by atoms with Crippen LogP contribution in [0.2, 0.25) is 0 Å². The lowest BCUT2D eigenvalue weighted by molar-refractivity contribution is -0.267. The molecule has 0 aromatic carbocycles. The molecule has 7 heteroatoms. The molecule has 3 rings (SSSR count). The van der Waals surface area contributed by atoms with Crippen molar-refractivity contribution in [2.45, 2.75) is 79.1 Å². The van der Waals surface area contributed by atoms with E-state index in [1.54, 1.807) is 13.8 Å². The summed E-state index contributed by atoms with van der Waals surface area (Å²) in [6.45, 7) is 13.6. The van der Waals surface area contributed by atoms with E-state index in [4.69, 9.17) is 9.47 Å². The standard InChI is InChI=1S/C25H36O7/c1-13-9-19-23(7)14(2)21(31-15(3)27)24(8,32-16(4)28)22(5,6)18(23)10-17(12-26)11-25(19,30)20(13)29/h9-10,14,18-19,21,26,30H,11-12H2,1-8H3/t14-,18+,19+,21-,23+,24-,25-/m1/s1. The molecule has 32 heavy (non-hydrogen) atoms. The number of ether oxygens (including phenoxy) is 2. The van der Waals surface area contributed by atoms with Gasteiger partial charge in [-0.3, -0.25) is 14.4 Å². The fraction of sp³-hybridized carbons (Fsp3) is 0.720. The first-order valence-electron chi connectivity index (χ1n) is 11.2. The molecule has 2 N–H and O–H groups in total. The molecule has 0 unspecified atom stereocenters. The quantitative estimate of drug-likeness (QED) is 0.504. The Kier molecular flexibility index (Phi) is 5.79. The van der Waals surface area contributed by atoms with Crippen LogP contribution in [-0.4, -0.2) is 51.8 Å². The molecule has 0 heterocycles. The van der Waals surface area contributed by atoms with Crippen LogP contribution in [0.3, 0.4) is 0 Å². The summed E-state index contributed by atoms with van der Waals surface area (Å²) in [5.74, 6) is -2.60. The molecule has 1 fully saturated rings. The molecule has 0 aromatic heterocycles. The lowest BCUT2D eigenvalue weighted by atomic mass is 9.43. The van der Waals surface area contributed by atoms with Crippen molar-refractivity contribution in [3.05, 3.63) is 23.3 Å². The predicted molar refractivity (Wildman–Crippen MR) is 117 cm³/mol. The fourth-order valence-electron chi connectivity index (χ4n) is 6.87. The van der Waals surface area contributed by atoms with Gasteiger partial charge in [-0.2, -0.15) is 0 Å². The predicted octanol–water partition coefficient (Wildman–Crippen LogP) is 2.74. The Labute approximate surface area is 189 Å². The zero-order chi connectivity index (χ0) is 24.4. The second-order valence-electron chi connectivity index (χ2n) is 10.8. The summed E-state index contributed by atoms with van der Waals surface area (Å²) in [5.41, 5.74) is -3.35. The molecule has 3 aliphatic carbocycles. The van der Waals surface area contributed by atoms with Crippen LogP contribution in [0.25, 0.3) is 0 Å². The van der Waals surface area contributed by atoms with Crippen LogP contribution in [0, 0.1) is 28.6 Å². The summed E-state index contributed by atoms with van der Waals surface area (Å²) >= 11 is 0. The summed E-state index contributed by atoms with van der Waals surface area (Å²) < 4.78 is 11.7. The van der Waals surface area contributed by atoms with E-state index in [9.17, 15) is 24.6 Å². The van der Waals surface area contributed by atoms with Crippen LogP contribution in [0.1, 0.15) is 61.8 Å². The van der Waals surface area contributed by atoms with Gasteiger partial charge in [0.05, 0.1) is 6.61 Å². The number of allylic oxidation sites excluding steroid dienone is 1. The highest BCUT2D eigenvalue weighted by atomic mass is 16.6. The van der Waals surface area contributed by atoms with Gasteiger partial charge in [0, 0.05) is 37.5 Å². The summed E-state index contributed by atoms with van der Waals surface area (Å²) in [4.78, 5) is 37.4. The van der Waals surface area contributed by atoms with Gasteiger partial charge in [0.1, 0.15) is 11.7 Å². The number of carbonyl (C=O) groups is 3. The molecular formula is C25H36O7. The third-order valence-corrected chi connectivity index (χ3v) is 8.81. The normalized spacial score (nSPS) is 42.8. The lowest BCUT2D eigenvalue weighted by Crippen LogP contribution is -2.71. The van der Waals surface area contributed by atoms with Gasteiger partial charge in [0.15, 0.2) is 11.4 Å². The molecule has 0 spiro atoms. The summed E-state index contributed by atoms with van der Waals surface area (Å²) in [5, 5.41) is 21.8. The van der Waals surface area contributed by atoms with E-state index in [-0.39, 0.29) is 24.7 Å². The molecule has 1 saturated carbocycles. The molecular weight excluding hydrogens is 412 g/mol. The second-order valence-corrected chi connectivity index (χ2v) is 10.8. The number of hydrogen-bond acceptors (Lipinski definition) is 7. The summed E-state index contributed by atoms with van der Waals surface area (Å²) in [6, 6.07) is 0. The van der Waals surface area contributed by atoms with Gasteiger partial charge in [0.2, 0.25) is 0 Å². The zero-order valence-electron chi connectivity index (χ0n) is 20.3. The molecule has 0 bridgehead atoms. The van der Waals surface area contributed by atoms with Crippen LogP contribution >= 0.6 is 0 Å². The molecule has 7 nitrogen and oxygen atoms in total. The molecule has 0 amide bonds. The highest BCUT2D eigenvalue weighted by Gasteiger charge is 2.72. The van der Waals surface area contributed by atoms with Gasteiger partial charge in [-0.1, -0.05) is 39.8 Å². The number of rotatable bonds is 3. The Morgan fingerprint density at radius 1 is 1.09 bits per heavy atom. The molecule has 0 saturated heterocycles. The second kappa shape index (κ2) is 7.52. The Bertz CT molecular complexity index is 915. The highest BCUT2D eigenvalue weighted by Crippen LogP contribution is 2.67.